The number of aromatic nitrogens is 1. The molecule has 1 atom stereocenters. The number of nitrogens with one attached hydrogen (secondary N) is 1. The summed E-state index contributed by atoms with van der Waals surface area (Å²) in [6.07, 6.45) is 1.05. The van der Waals surface area contributed by atoms with E-state index in [1.807, 2.05) is 19.1 Å². The van der Waals surface area contributed by atoms with Crippen molar-refractivity contribution in [1.82, 2.24) is 10.3 Å². The van der Waals surface area contributed by atoms with Crippen molar-refractivity contribution in [2.45, 2.75) is 32.9 Å². The Morgan fingerprint density at radius 3 is 2.58 bits per heavy atom. The molecule has 1 unspecified atom stereocenters. The number of hydrogen-bond acceptors (Lipinski definition) is 4. The van der Waals surface area contributed by atoms with Gasteiger partial charge in [-0.1, -0.05) is 19.1 Å². The first-order valence-electron chi connectivity index (χ1n) is 6.51. The number of rotatable bonds is 6. The summed E-state index contributed by atoms with van der Waals surface area (Å²) in [5.74, 6) is 0.897. The van der Waals surface area contributed by atoms with E-state index in [1.54, 1.807) is 18.4 Å². The number of methoxy groups -OCH3 is 1. The summed E-state index contributed by atoms with van der Waals surface area (Å²) in [5.41, 5.74) is 2.39. The van der Waals surface area contributed by atoms with E-state index < -0.39 is 0 Å². The van der Waals surface area contributed by atoms with Crippen molar-refractivity contribution in [1.29, 1.82) is 0 Å². The maximum Gasteiger partial charge on any atom is 0.118 e. The number of aryl methyl sites for hydroxylation is 1. The highest BCUT2D eigenvalue weighted by Gasteiger charge is 2.09. The SMILES string of the molecule is CCC(NCc1nc(C)cs1)c1ccc(OC)cc1. The van der Waals surface area contributed by atoms with Gasteiger partial charge in [0.05, 0.1) is 7.11 Å². The zero-order valence-electron chi connectivity index (χ0n) is 11.6. The van der Waals surface area contributed by atoms with Crippen molar-refractivity contribution in [3.8, 4) is 5.75 Å². The lowest BCUT2D eigenvalue weighted by atomic mass is 10.0. The third kappa shape index (κ3) is 3.78. The third-order valence-electron chi connectivity index (χ3n) is 3.09. The first-order valence-corrected chi connectivity index (χ1v) is 7.39. The molecule has 0 fully saturated rings. The average molecular weight is 276 g/mol. The van der Waals surface area contributed by atoms with Crippen molar-refractivity contribution in [3.05, 3.63) is 45.9 Å². The van der Waals surface area contributed by atoms with Gasteiger partial charge in [-0.05, 0) is 31.0 Å². The maximum atomic E-state index is 5.19. The van der Waals surface area contributed by atoms with Crippen LogP contribution in [0.15, 0.2) is 29.6 Å². The minimum Gasteiger partial charge on any atom is -0.497 e. The second-order valence-corrected chi connectivity index (χ2v) is 5.44. The number of nitrogens with zero attached hydrogens (tertiary/aromatic N) is 1. The highest BCUT2D eigenvalue weighted by atomic mass is 32.1. The summed E-state index contributed by atoms with van der Waals surface area (Å²) in [6, 6.07) is 8.61. The summed E-state index contributed by atoms with van der Waals surface area (Å²) < 4.78 is 5.19. The highest BCUT2D eigenvalue weighted by Crippen LogP contribution is 2.21. The van der Waals surface area contributed by atoms with Gasteiger partial charge in [-0.25, -0.2) is 4.98 Å². The monoisotopic (exact) mass is 276 g/mol. The lowest BCUT2D eigenvalue weighted by Gasteiger charge is -2.17. The van der Waals surface area contributed by atoms with Crippen LogP contribution in [0, 0.1) is 6.92 Å². The molecule has 4 heteroatoms. The first-order chi connectivity index (χ1) is 9.22. The smallest absolute Gasteiger partial charge is 0.118 e. The molecule has 1 N–H and O–H groups in total. The van der Waals surface area contributed by atoms with Gasteiger partial charge in [-0.15, -0.1) is 11.3 Å². The molecule has 0 bridgehead atoms. The molecule has 0 aliphatic carbocycles. The molecule has 2 rings (SSSR count). The van der Waals surface area contributed by atoms with E-state index >= 15 is 0 Å². The normalized spacial score (nSPS) is 12.4. The average Bonchev–Trinajstić information content (AvgIpc) is 2.86. The largest absolute Gasteiger partial charge is 0.497 e. The molecule has 0 radical (unpaired) electrons. The molecule has 2 aromatic rings. The molecule has 0 amide bonds. The van der Waals surface area contributed by atoms with Crippen LogP contribution in [0.1, 0.15) is 35.7 Å². The molecule has 3 nitrogen and oxygen atoms in total. The standard InChI is InChI=1S/C15H20N2OS/c1-4-14(12-5-7-13(18-3)8-6-12)16-9-15-17-11(2)10-19-15/h5-8,10,14,16H,4,9H2,1-3H3. The van der Waals surface area contributed by atoms with Gasteiger partial charge < -0.3 is 10.1 Å². The Morgan fingerprint density at radius 2 is 2.05 bits per heavy atom. The van der Waals surface area contributed by atoms with Crippen LogP contribution in [-0.4, -0.2) is 12.1 Å². The van der Waals surface area contributed by atoms with E-state index in [1.165, 1.54) is 5.56 Å². The summed E-state index contributed by atoms with van der Waals surface area (Å²) in [7, 11) is 1.69. The zero-order chi connectivity index (χ0) is 13.7. The molecule has 1 aromatic heterocycles. The quantitative estimate of drug-likeness (QED) is 0.873. The van der Waals surface area contributed by atoms with Crippen molar-refractivity contribution in [3.63, 3.8) is 0 Å². The van der Waals surface area contributed by atoms with Crippen molar-refractivity contribution < 1.29 is 4.74 Å². The Labute approximate surface area is 118 Å². The van der Waals surface area contributed by atoms with Gasteiger partial charge in [-0.3, -0.25) is 0 Å². The Balaban J connectivity index is 1.98. The number of hydrogen-bond donors (Lipinski definition) is 1. The lowest BCUT2D eigenvalue weighted by molar-refractivity contribution is 0.414. The molecule has 0 saturated heterocycles. The van der Waals surface area contributed by atoms with Crippen molar-refractivity contribution >= 4 is 11.3 Å². The molecule has 1 heterocycles. The number of benzene rings is 1. The van der Waals surface area contributed by atoms with Crippen molar-refractivity contribution in [2.75, 3.05) is 7.11 Å². The third-order valence-corrected chi connectivity index (χ3v) is 4.06. The molecule has 102 valence electrons. The minimum atomic E-state index is 0.357. The van der Waals surface area contributed by atoms with Crippen LogP contribution in [-0.2, 0) is 6.54 Å². The second kappa shape index (κ2) is 6.68. The van der Waals surface area contributed by atoms with E-state index in [0.29, 0.717) is 6.04 Å². The van der Waals surface area contributed by atoms with Crippen LogP contribution in [0.5, 0.6) is 5.75 Å². The van der Waals surface area contributed by atoms with Gasteiger partial charge in [0.1, 0.15) is 10.8 Å². The Bertz CT molecular complexity index is 507. The molecule has 0 spiro atoms. The van der Waals surface area contributed by atoms with E-state index in [0.717, 1.165) is 29.4 Å². The van der Waals surface area contributed by atoms with Crippen molar-refractivity contribution in [2.24, 2.45) is 0 Å². The fraction of sp³-hybridized carbons (Fsp3) is 0.400. The first kappa shape index (κ1) is 14.0. The molecular weight excluding hydrogens is 256 g/mol. The second-order valence-electron chi connectivity index (χ2n) is 4.50. The van der Waals surface area contributed by atoms with Gasteiger partial charge >= 0.3 is 0 Å². The van der Waals surface area contributed by atoms with E-state index in [4.69, 9.17) is 4.74 Å². The van der Waals surface area contributed by atoms with Gasteiger partial charge in [0, 0.05) is 23.7 Å². The molecule has 0 saturated carbocycles. The topological polar surface area (TPSA) is 34.2 Å². The fourth-order valence-corrected chi connectivity index (χ4v) is 2.75. The van der Waals surface area contributed by atoms with Crippen LogP contribution >= 0.6 is 11.3 Å². The minimum absolute atomic E-state index is 0.357. The van der Waals surface area contributed by atoms with Crippen LogP contribution < -0.4 is 10.1 Å². The van der Waals surface area contributed by atoms with Crippen LogP contribution in [0.4, 0.5) is 0 Å². The maximum absolute atomic E-state index is 5.19. The molecule has 1 aromatic carbocycles. The zero-order valence-corrected chi connectivity index (χ0v) is 12.5. The fourth-order valence-electron chi connectivity index (χ4n) is 2.03. The van der Waals surface area contributed by atoms with Gasteiger partial charge in [0.15, 0.2) is 0 Å². The molecular formula is C15H20N2OS. The van der Waals surface area contributed by atoms with E-state index in [9.17, 15) is 0 Å². The Morgan fingerprint density at radius 1 is 1.32 bits per heavy atom. The number of ether oxygens (including phenoxy) is 1. The Hall–Kier alpha value is -1.39. The van der Waals surface area contributed by atoms with Gasteiger partial charge in [0.2, 0.25) is 0 Å². The summed E-state index contributed by atoms with van der Waals surface area (Å²) in [6.45, 7) is 5.04. The van der Waals surface area contributed by atoms with Crippen LogP contribution in [0.25, 0.3) is 0 Å². The summed E-state index contributed by atoms with van der Waals surface area (Å²) in [4.78, 5) is 4.47. The predicted molar refractivity (Wildman–Crippen MR) is 79.7 cm³/mol. The summed E-state index contributed by atoms with van der Waals surface area (Å²) in [5, 5.41) is 6.79. The highest BCUT2D eigenvalue weighted by molar-refractivity contribution is 7.09. The van der Waals surface area contributed by atoms with Gasteiger partial charge in [-0.2, -0.15) is 0 Å². The van der Waals surface area contributed by atoms with E-state index in [2.05, 4.69) is 34.7 Å². The summed E-state index contributed by atoms with van der Waals surface area (Å²) >= 11 is 1.71. The van der Waals surface area contributed by atoms with Crippen LogP contribution in [0.3, 0.4) is 0 Å². The lowest BCUT2D eigenvalue weighted by Crippen LogP contribution is -2.20. The van der Waals surface area contributed by atoms with Crippen LogP contribution in [0.2, 0.25) is 0 Å². The molecule has 0 aliphatic rings. The Kier molecular flexibility index (Phi) is 4.93. The van der Waals surface area contributed by atoms with E-state index in [-0.39, 0.29) is 0 Å². The predicted octanol–water partition coefficient (Wildman–Crippen LogP) is 3.70. The molecule has 19 heavy (non-hydrogen) atoms. The number of thiazole rings is 1. The van der Waals surface area contributed by atoms with Gasteiger partial charge in [0.25, 0.3) is 0 Å². The molecule has 0 aliphatic heterocycles.